The van der Waals surface area contributed by atoms with Crippen LogP contribution >= 0.6 is 11.3 Å². The minimum Gasteiger partial charge on any atom is -0.480 e. The predicted octanol–water partition coefficient (Wildman–Crippen LogP) is 3.59. The predicted molar refractivity (Wildman–Crippen MR) is 126 cm³/mol. The third kappa shape index (κ3) is 6.28. The Bertz CT molecular complexity index is 1060. The van der Waals surface area contributed by atoms with E-state index in [-0.39, 0.29) is 24.7 Å². The summed E-state index contributed by atoms with van der Waals surface area (Å²) in [4.78, 5) is 55.3. The summed E-state index contributed by atoms with van der Waals surface area (Å²) in [5.41, 5.74) is 0.384. The molecule has 0 unspecified atom stereocenters. The first-order chi connectivity index (χ1) is 16.0. The Balaban J connectivity index is 1.56. The smallest absolute Gasteiger partial charge is 0.327 e. The Morgan fingerprint density at radius 3 is 2.50 bits per heavy atom. The number of carboxylic acid groups (broad SMARTS) is 1. The maximum absolute atomic E-state index is 12.7. The van der Waals surface area contributed by atoms with Crippen LogP contribution < -0.4 is 0 Å². The fraction of sp³-hybridized carbons (Fsp3) is 0.480. The van der Waals surface area contributed by atoms with Gasteiger partial charge in [0.2, 0.25) is 11.8 Å². The first-order valence-corrected chi connectivity index (χ1v) is 12.1. The number of aliphatic carboxylic acids is 1. The molecule has 2 amide bonds. The normalized spacial score (nSPS) is 18.8. The lowest BCUT2D eigenvalue weighted by Crippen LogP contribution is -2.66. The molecular weight excluding hydrogens is 456 g/mol. The molecule has 0 aliphatic carbocycles. The molecule has 1 aliphatic heterocycles. The van der Waals surface area contributed by atoms with E-state index in [2.05, 4.69) is 4.98 Å². The van der Waals surface area contributed by atoms with Crippen LogP contribution in [0.3, 0.4) is 0 Å². The Kier molecular flexibility index (Phi) is 7.86. The zero-order chi connectivity index (χ0) is 25.0. The molecule has 0 radical (unpaired) electrons. The molecule has 1 saturated heterocycles. The molecule has 3 atom stereocenters. The van der Waals surface area contributed by atoms with Crippen LogP contribution in [-0.2, 0) is 36.8 Å². The van der Waals surface area contributed by atoms with Crippen LogP contribution in [0.5, 0.6) is 0 Å². The second-order valence-corrected chi connectivity index (χ2v) is 10.7. The van der Waals surface area contributed by atoms with Gasteiger partial charge in [0, 0.05) is 17.5 Å². The summed E-state index contributed by atoms with van der Waals surface area (Å²) in [7, 11) is 0. The number of ether oxygens (including phenoxy) is 1. The third-order valence-electron chi connectivity index (χ3n) is 5.60. The number of nitrogens with zero attached hydrogens (tertiary/aromatic N) is 2. The fourth-order valence-corrected chi connectivity index (χ4v) is 4.92. The van der Waals surface area contributed by atoms with Crippen molar-refractivity contribution in [3.05, 3.63) is 52.0 Å². The number of carbonyl (C=O) groups is 4. The van der Waals surface area contributed by atoms with Crippen LogP contribution in [-0.4, -0.2) is 50.4 Å². The number of hydrogen-bond donors (Lipinski definition) is 1. The van der Waals surface area contributed by atoms with Gasteiger partial charge in [-0.1, -0.05) is 37.3 Å². The number of β-lactam (4-membered cyclic amide) rings is 1. The standard InChI is InChI=1S/C25H30N2O6S/c1-15(16-8-6-5-7-9-16)12-20(28)27-22(24(31)32)18(23(27)30)11-10-17-14-26-19(34-17)13-21(29)33-25(2,3)4/h5-9,14-15,18,22H,10-13H2,1-4H3,(H,31,32)/t15-,18+,22-/m0/s1. The summed E-state index contributed by atoms with van der Waals surface area (Å²) in [6.07, 6.45) is 2.49. The van der Waals surface area contributed by atoms with Gasteiger partial charge in [-0.15, -0.1) is 11.3 Å². The van der Waals surface area contributed by atoms with Gasteiger partial charge in [-0.3, -0.25) is 19.3 Å². The Labute approximate surface area is 202 Å². The number of aromatic nitrogens is 1. The third-order valence-corrected chi connectivity index (χ3v) is 6.66. The lowest BCUT2D eigenvalue weighted by molar-refractivity contribution is -0.177. The molecular formula is C25H30N2O6S. The summed E-state index contributed by atoms with van der Waals surface area (Å²) in [6.45, 7) is 7.26. The number of thiazole rings is 1. The molecule has 1 aromatic carbocycles. The van der Waals surface area contributed by atoms with E-state index in [9.17, 15) is 24.3 Å². The minimum absolute atomic E-state index is 0.0594. The fourth-order valence-electron chi connectivity index (χ4n) is 3.99. The molecule has 1 fully saturated rings. The largest absolute Gasteiger partial charge is 0.480 e. The van der Waals surface area contributed by atoms with Crippen LogP contribution in [0.2, 0.25) is 0 Å². The monoisotopic (exact) mass is 486 g/mol. The molecule has 1 aromatic heterocycles. The van der Waals surface area contributed by atoms with E-state index in [0.717, 1.165) is 15.3 Å². The molecule has 2 heterocycles. The van der Waals surface area contributed by atoms with Crippen molar-refractivity contribution in [1.29, 1.82) is 0 Å². The lowest BCUT2D eigenvalue weighted by Gasteiger charge is -2.43. The molecule has 0 bridgehead atoms. The lowest BCUT2D eigenvalue weighted by atomic mass is 9.82. The van der Waals surface area contributed by atoms with Crippen molar-refractivity contribution in [2.45, 2.75) is 70.9 Å². The molecule has 8 nitrogen and oxygen atoms in total. The SMILES string of the molecule is C[C@@H](CC(=O)N1C(=O)[C@H](CCc2cnc(CC(=O)OC(C)(C)C)s2)[C@H]1C(=O)O)c1ccccc1. The molecule has 9 heteroatoms. The van der Waals surface area contributed by atoms with E-state index in [1.807, 2.05) is 37.3 Å². The van der Waals surface area contributed by atoms with Gasteiger partial charge in [-0.05, 0) is 45.1 Å². The molecule has 3 rings (SSSR count). The maximum atomic E-state index is 12.7. The van der Waals surface area contributed by atoms with Gasteiger partial charge in [0.1, 0.15) is 16.7 Å². The highest BCUT2D eigenvalue weighted by atomic mass is 32.1. The number of carboxylic acids is 1. The minimum atomic E-state index is -1.18. The van der Waals surface area contributed by atoms with Crippen LogP contribution in [0, 0.1) is 5.92 Å². The summed E-state index contributed by atoms with van der Waals surface area (Å²) in [6, 6.07) is 8.28. The van der Waals surface area contributed by atoms with Gasteiger partial charge in [0.15, 0.2) is 0 Å². The average molecular weight is 487 g/mol. The average Bonchev–Trinajstić information content (AvgIpc) is 3.17. The second kappa shape index (κ2) is 10.5. The number of benzene rings is 1. The van der Waals surface area contributed by atoms with Gasteiger partial charge in [-0.2, -0.15) is 0 Å². The second-order valence-electron chi connectivity index (χ2n) is 9.53. The van der Waals surface area contributed by atoms with Crippen molar-refractivity contribution in [3.63, 3.8) is 0 Å². The van der Waals surface area contributed by atoms with Crippen molar-refractivity contribution >= 4 is 35.1 Å². The summed E-state index contributed by atoms with van der Waals surface area (Å²) >= 11 is 1.34. The number of likely N-dealkylation sites (tertiary alicyclic amines) is 1. The molecule has 1 N–H and O–H groups in total. The highest BCUT2D eigenvalue weighted by molar-refractivity contribution is 7.11. The van der Waals surface area contributed by atoms with Crippen molar-refractivity contribution in [1.82, 2.24) is 9.88 Å². The number of esters is 1. The number of amides is 2. The van der Waals surface area contributed by atoms with Gasteiger partial charge >= 0.3 is 11.9 Å². The van der Waals surface area contributed by atoms with Crippen LogP contribution in [0.4, 0.5) is 0 Å². The molecule has 34 heavy (non-hydrogen) atoms. The van der Waals surface area contributed by atoms with Crippen LogP contribution in [0.25, 0.3) is 0 Å². The molecule has 2 aromatic rings. The van der Waals surface area contributed by atoms with E-state index in [4.69, 9.17) is 4.74 Å². The van der Waals surface area contributed by atoms with Crippen molar-refractivity contribution in [2.75, 3.05) is 0 Å². The zero-order valence-electron chi connectivity index (χ0n) is 19.8. The van der Waals surface area contributed by atoms with Crippen molar-refractivity contribution in [3.8, 4) is 0 Å². The number of hydrogen-bond acceptors (Lipinski definition) is 7. The molecule has 0 spiro atoms. The Morgan fingerprint density at radius 1 is 1.21 bits per heavy atom. The highest BCUT2D eigenvalue weighted by Gasteiger charge is 2.54. The van der Waals surface area contributed by atoms with E-state index < -0.39 is 35.3 Å². The Morgan fingerprint density at radius 2 is 1.88 bits per heavy atom. The summed E-state index contributed by atoms with van der Waals surface area (Å²) in [5, 5.41) is 10.3. The van der Waals surface area contributed by atoms with E-state index in [1.165, 1.54) is 11.3 Å². The van der Waals surface area contributed by atoms with Gasteiger partial charge in [0.05, 0.1) is 12.3 Å². The van der Waals surface area contributed by atoms with Crippen LogP contribution in [0.15, 0.2) is 36.5 Å². The molecule has 1 aliphatic rings. The van der Waals surface area contributed by atoms with Crippen LogP contribution in [0.1, 0.15) is 61.9 Å². The van der Waals surface area contributed by atoms with Gasteiger partial charge in [0.25, 0.3) is 0 Å². The van der Waals surface area contributed by atoms with E-state index >= 15 is 0 Å². The van der Waals surface area contributed by atoms with Gasteiger partial charge in [-0.25, -0.2) is 9.78 Å². The highest BCUT2D eigenvalue weighted by Crippen LogP contribution is 2.34. The summed E-state index contributed by atoms with van der Waals surface area (Å²) < 4.78 is 5.30. The quantitative estimate of drug-likeness (QED) is 0.425. The first-order valence-electron chi connectivity index (χ1n) is 11.3. The molecule has 182 valence electrons. The maximum Gasteiger partial charge on any atom is 0.327 e. The summed E-state index contributed by atoms with van der Waals surface area (Å²) in [5.74, 6) is -3.35. The first kappa shape index (κ1) is 25.6. The molecule has 0 saturated carbocycles. The number of imide groups is 1. The van der Waals surface area contributed by atoms with Gasteiger partial charge < -0.3 is 9.84 Å². The zero-order valence-corrected chi connectivity index (χ0v) is 20.6. The van der Waals surface area contributed by atoms with E-state index in [0.29, 0.717) is 17.8 Å². The van der Waals surface area contributed by atoms with Crippen molar-refractivity contribution < 1.29 is 29.0 Å². The number of rotatable bonds is 9. The van der Waals surface area contributed by atoms with E-state index in [1.54, 1.807) is 27.0 Å². The topological polar surface area (TPSA) is 114 Å². The number of carbonyl (C=O) groups excluding carboxylic acids is 3. The Hall–Kier alpha value is -3.07. The van der Waals surface area contributed by atoms with Crippen molar-refractivity contribution in [2.24, 2.45) is 5.92 Å². The number of aryl methyl sites for hydroxylation is 1.